The lowest BCUT2D eigenvalue weighted by Gasteiger charge is -2.30. The molecule has 0 aliphatic carbocycles. The summed E-state index contributed by atoms with van der Waals surface area (Å²) in [5.41, 5.74) is 7.85. The molecule has 0 radical (unpaired) electrons. The molecular formula is C16H15ClFNO2. The Morgan fingerprint density at radius 3 is 2.81 bits per heavy atom. The molecule has 21 heavy (non-hydrogen) atoms. The van der Waals surface area contributed by atoms with Crippen molar-refractivity contribution in [2.45, 2.75) is 18.6 Å². The molecule has 0 spiro atoms. The largest absolute Gasteiger partial charge is 0.497 e. The first-order valence-electron chi connectivity index (χ1n) is 6.63. The number of rotatable bonds is 2. The van der Waals surface area contributed by atoms with Crippen LogP contribution >= 0.6 is 11.6 Å². The van der Waals surface area contributed by atoms with Crippen molar-refractivity contribution in [3.05, 3.63) is 58.4 Å². The monoisotopic (exact) mass is 307 g/mol. The normalized spacial score (nSPS) is 20.6. The third kappa shape index (κ3) is 2.69. The molecule has 0 aromatic heterocycles. The zero-order valence-corrected chi connectivity index (χ0v) is 12.2. The van der Waals surface area contributed by atoms with E-state index < -0.39 is 5.82 Å². The van der Waals surface area contributed by atoms with Crippen molar-refractivity contribution in [1.29, 1.82) is 0 Å². The Bertz CT molecular complexity index is 677. The fourth-order valence-corrected chi connectivity index (χ4v) is 2.64. The van der Waals surface area contributed by atoms with Crippen LogP contribution in [0.25, 0.3) is 0 Å². The molecule has 2 atom stereocenters. The predicted molar refractivity (Wildman–Crippen MR) is 79.3 cm³/mol. The Kier molecular flexibility index (Phi) is 3.74. The quantitative estimate of drug-likeness (QED) is 0.911. The molecule has 3 rings (SSSR count). The van der Waals surface area contributed by atoms with Gasteiger partial charge in [-0.3, -0.25) is 0 Å². The Labute approximate surface area is 127 Å². The van der Waals surface area contributed by atoms with Crippen molar-refractivity contribution < 1.29 is 13.9 Å². The minimum absolute atomic E-state index is 0.0981. The van der Waals surface area contributed by atoms with Crippen molar-refractivity contribution in [2.24, 2.45) is 5.73 Å². The van der Waals surface area contributed by atoms with Crippen LogP contribution < -0.4 is 15.2 Å². The van der Waals surface area contributed by atoms with Gasteiger partial charge in [0, 0.05) is 24.1 Å². The summed E-state index contributed by atoms with van der Waals surface area (Å²) in [5.74, 6) is 0.917. The molecule has 2 aromatic rings. The first kappa shape index (κ1) is 14.2. The summed E-state index contributed by atoms with van der Waals surface area (Å²) in [6, 6.07) is 10.1. The van der Waals surface area contributed by atoms with Gasteiger partial charge < -0.3 is 15.2 Å². The highest BCUT2D eigenvalue weighted by atomic mass is 35.5. The zero-order chi connectivity index (χ0) is 15.0. The van der Waals surface area contributed by atoms with Crippen molar-refractivity contribution in [1.82, 2.24) is 0 Å². The Balaban J connectivity index is 1.94. The fourth-order valence-electron chi connectivity index (χ4n) is 2.53. The van der Waals surface area contributed by atoms with Crippen LogP contribution in [0.1, 0.15) is 29.7 Å². The van der Waals surface area contributed by atoms with E-state index in [0.29, 0.717) is 17.9 Å². The van der Waals surface area contributed by atoms with E-state index in [2.05, 4.69) is 0 Å². The lowest BCUT2D eigenvalue weighted by atomic mass is 9.93. The average Bonchev–Trinajstić information content (AvgIpc) is 2.49. The SMILES string of the molecule is COc1ccc2c(c1)OC(c1ccc(Cl)c(F)c1)C[C@H]2N. The van der Waals surface area contributed by atoms with E-state index in [9.17, 15) is 4.39 Å². The maximum Gasteiger partial charge on any atom is 0.142 e. The van der Waals surface area contributed by atoms with Crippen LogP contribution in [0.2, 0.25) is 5.02 Å². The van der Waals surface area contributed by atoms with Crippen LogP contribution in [0, 0.1) is 5.82 Å². The van der Waals surface area contributed by atoms with Gasteiger partial charge in [0.2, 0.25) is 0 Å². The van der Waals surface area contributed by atoms with Gasteiger partial charge >= 0.3 is 0 Å². The topological polar surface area (TPSA) is 44.5 Å². The van der Waals surface area contributed by atoms with Gasteiger partial charge in [0.1, 0.15) is 23.4 Å². The van der Waals surface area contributed by atoms with E-state index >= 15 is 0 Å². The molecule has 0 bridgehead atoms. The number of methoxy groups -OCH3 is 1. The van der Waals surface area contributed by atoms with Gasteiger partial charge in [0.25, 0.3) is 0 Å². The van der Waals surface area contributed by atoms with E-state index in [1.807, 2.05) is 12.1 Å². The summed E-state index contributed by atoms with van der Waals surface area (Å²) < 4.78 is 24.8. The van der Waals surface area contributed by atoms with E-state index in [-0.39, 0.29) is 17.2 Å². The highest BCUT2D eigenvalue weighted by Crippen LogP contribution is 2.41. The van der Waals surface area contributed by atoms with Crippen molar-refractivity contribution >= 4 is 11.6 Å². The number of hydrogen-bond acceptors (Lipinski definition) is 3. The predicted octanol–water partition coefficient (Wildman–Crippen LogP) is 4.01. The van der Waals surface area contributed by atoms with Crippen LogP contribution in [-0.4, -0.2) is 7.11 Å². The Hall–Kier alpha value is -1.78. The summed E-state index contributed by atoms with van der Waals surface area (Å²) in [4.78, 5) is 0. The number of halogens is 2. The van der Waals surface area contributed by atoms with Crippen LogP contribution in [0.3, 0.4) is 0 Å². The first-order valence-corrected chi connectivity index (χ1v) is 7.01. The summed E-state index contributed by atoms with van der Waals surface area (Å²) in [5, 5.41) is 0.0981. The Morgan fingerprint density at radius 2 is 2.10 bits per heavy atom. The molecule has 0 fully saturated rings. The summed E-state index contributed by atoms with van der Waals surface area (Å²) in [6.07, 6.45) is 0.284. The van der Waals surface area contributed by atoms with Crippen molar-refractivity contribution in [2.75, 3.05) is 7.11 Å². The fraction of sp³-hybridized carbons (Fsp3) is 0.250. The van der Waals surface area contributed by atoms with E-state index in [1.54, 1.807) is 19.2 Å². The van der Waals surface area contributed by atoms with Gasteiger partial charge in [-0.1, -0.05) is 23.7 Å². The zero-order valence-electron chi connectivity index (χ0n) is 11.5. The highest BCUT2D eigenvalue weighted by Gasteiger charge is 2.27. The van der Waals surface area contributed by atoms with Crippen LogP contribution in [-0.2, 0) is 0 Å². The van der Waals surface area contributed by atoms with Crippen LogP contribution in [0.15, 0.2) is 36.4 Å². The standard InChI is InChI=1S/C16H15ClFNO2/c1-20-10-3-4-11-14(19)8-15(21-16(11)7-10)9-2-5-12(17)13(18)6-9/h2-7,14-15H,8,19H2,1H3/t14-,15?/m1/s1. The maximum absolute atomic E-state index is 13.6. The molecule has 1 unspecified atom stereocenters. The second kappa shape index (κ2) is 5.54. The third-order valence-corrected chi connectivity index (χ3v) is 3.98. The smallest absolute Gasteiger partial charge is 0.142 e. The molecule has 0 saturated carbocycles. The maximum atomic E-state index is 13.6. The molecule has 3 nitrogen and oxygen atoms in total. The van der Waals surface area contributed by atoms with E-state index in [4.69, 9.17) is 26.8 Å². The van der Waals surface area contributed by atoms with Crippen molar-refractivity contribution in [3.63, 3.8) is 0 Å². The van der Waals surface area contributed by atoms with Gasteiger partial charge in [0.05, 0.1) is 12.1 Å². The molecule has 2 aromatic carbocycles. The van der Waals surface area contributed by atoms with E-state index in [0.717, 1.165) is 11.1 Å². The molecule has 110 valence electrons. The molecule has 1 aliphatic heterocycles. The van der Waals surface area contributed by atoms with Gasteiger partial charge in [0.15, 0.2) is 0 Å². The van der Waals surface area contributed by atoms with E-state index in [1.165, 1.54) is 12.1 Å². The summed E-state index contributed by atoms with van der Waals surface area (Å²) in [6.45, 7) is 0. The summed E-state index contributed by atoms with van der Waals surface area (Å²) >= 11 is 5.71. The molecule has 2 N–H and O–H groups in total. The first-order chi connectivity index (χ1) is 10.1. The lowest BCUT2D eigenvalue weighted by Crippen LogP contribution is -2.24. The molecular weight excluding hydrogens is 293 g/mol. The molecule has 5 heteroatoms. The summed E-state index contributed by atoms with van der Waals surface area (Å²) in [7, 11) is 1.59. The molecule has 0 saturated heterocycles. The Morgan fingerprint density at radius 1 is 1.29 bits per heavy atom. The lowest BCUT2D eigenvalue weighted by molar-refractivity contribution is 0.160. The molecule has 0 amide bonds. The second-order valence-corrected chi connectivity index (χ2v) is 5.43. The minimum atomic E-state index is -0.456. The highest BCUT2D eigenvalue weighted by molar-refractivity contribution is 6.30. The van der Waals surface area contributed by atoms with Gasteiger partial charge in [-0.05, 0) is 23.8 Å². The number of hydrogen-bond donors (Lipinski definition) is 1. The van der Waals surface area contributed by atoms with Crippen LogP contribution in [0.4, 0.5) is 4.39 Å². The number of benzene rings is 2. The van der Waals surface area contributed by atoms with Gasteiger partial charge in [-0.25, -0.2) is 4.39 Å². The molecule has 1 aliphatic rings. The third-order valence-electron chi connectivity index (χ3n) is 3.67. The molecule has 1 heterocycles. The van der Waals surface area contributed by atoms with Gasteiger partial charge in [-0.2, -0.15) is 0 Å². The minimum Gasteiger partial charge on any atom is -0.497 e. The van der Waals surface area contributed by atoms with Crippen molar-refractivity contribution in [3.8, 4) is 11.5 Å². The average molecular weight is 308 g/mol. The second-order valence-electron chi connectivity index (χ2n) is 5.03. The number of nitrogens with two attached hydrogens (primary N) is 1. The number of fused-ring (bicyclic) bond motifs is 1. The van der Waals surface area contributed by atoms with Gasteiger partial charge in [-0.15, -0.1) is 0 Å². The van der Waals surface area contributed by atoms with Crippen LogP contribution in [0.5, 0.6) is 11.5 Å². The number of ether oxygens (including phenoxy) is 2.